The molecule has 0 bridgehead atoms. The standard InChI is InChI=1S/C14H20BrClN2O2S/c1-2-17-10-11-6-8-18(9-7-11)21(19,20)14-12(15)4-3-5-13(14)16/h3-5,11,17H,2,6-10H2,1H3. The highest BCUT2D eigenvalue weighted by Gasteiger charge is 2.32. The predicted molar refractivity (Wildman–Crippen MR) is 89.2 cm³/mol. The molecule has 1 saturated heterocycles. The largest absolute Gasteiger partial charge is 0.317 e. The Balaban J connectivity index is 2.12. The van der Waals surface area contributed by atoms with Crippen molar-refractivity contribution in [3.8, 4) is 0 Å². The molecule has 1 aromatic carbocycles. The second-order valence-electron chi connectivity index (χ2n) is 5.21. The van der Waals surface area contributed by atoms with Crippen molar-refractivity contribution < 1.29 is 8.42 Å². The molecule has 0 spiro atoms. The summed E-state index contributed by atoms with van der Waals surface area (Å²) in [6, 6.07) is 5.04. The fourth-order valence-corrected chi connectivity index (χ4v) is 5.70. The first-order chi connectivity index (χ1) is 9.96. The van der Waals surface area contributed by atoms with Gasteiger partial charge in [0, 0.05) is 17.6 Å². The van der Waals surface area contributed by atoms with Gasteiger partial charge >= 0.3 is 0 Å². The molecule has 1 aromatic rings. The highest BCUT2D eigenvalue weighted by Crippen LogP contribution is 2.33. The zero-order chi connectivity index (χ0) is 15.5. The Morgan fingerprint density at radius 2 is 2.05 bits per heavy atom. The van der Waals surface area contributed by atoms with E-state index in [0.29, 0.717) is 23.5 Å². The van der Waals surface area contributed by atoms with Crippen molar-refractivity contribution in [2.75, 3.05) is 26.2 Å². The fourth-order valence-electron chi connectivity index (χ4n) is 2.56. The van der Waals surface area contributed by atoms with Gasteiger partial charge in [-0.15, -0.1) is 0 Å². The van der Waals surface area contributed by atoms with Crippen molar-refractivity contribution in [2.24, 2.45) is 5.92 Å². The number of halogens is 2. The molecule has 0 atom stereocenters. The molecule has 0 radical (unpaired) electrons. The maximum atomic E-state index is 12.7. The quantitative estimate of drug-likeness (QED) is 0.833. The van der Waals surface area contributed by atoms with Crippen LogP contribution in [0.2, 0.25) is 5.02 Å². The number of hydrogen-bond donors (Lipinski definition) is 1. The minimum atomic E-state index is -3.53. The third-order valence-electron chi connectivity index (χ3n) is 3.77. The second kappa shape index (κ2) is 7.42. The zero-order valence-corrected chi connectivity index (χ0v) is 15.1. The molecule has 1 aliphatic rings. The molecule has 4 nitrogen and oxygen atoms in total. The highest BCUT2D eigenvalue weighted by molar-refractivity contribution is 9.10. The first-order valence-electron chi connectivity index (χ1n) is 7.11. The smallest absolute Gasteiger partial charge is 0.245 e. The van der Waals surface area contributed by atoms with Crippen molar-refractivity contribution in [1.82, 2.24) is 9.62 Å². The van der Waals surface area contributed by atoms with Crippen molar-refractivity contribution in [1.29, 1.82) is 0 Å². The van der Waals surface area contributed by atoms with Gasteiger partial charge in [-0.3, -0.25) is 0 Å². The van der Waals surface area contributed by atoms with Crippen molar-refractivity contribution >= 4 is 37.6 Å². The van der Waals surface area contributed by atoms with Gasteiger partial charge in [-0.05, 0) is 59.9 Å². The van der Waals surface area contributed by atoms with Gasteiger partial charge in [0.15, 0.2) is 0 Å². The lowest BCUT2D eigenvalue weighted by Gasteiger charge is -2.31. The number of nitrogens with zero attached hydrogens (tertiary/aromatic N) is 1. The van der Waals surface area contributed by atoms with Gasteiger partial charge < -0.3 is 5.32 Å². The molecule has 1 N–H and O–H groups in total. The summed E-state index contributed by atoms with van der Waals surface area (Å²) in [5.74, 6) is 0.547. The van der Waals surface area contributed by atoms with E-state index in [2.05, 4.69) is 28.2 Å². The Labute approximate surface area is 140 Å². The molecular formula is C14H20BrClN2O2S. The summed E-state index contributed by atoms with van der Waals surface area (Å²) >= 11 is 9.38. The third-order valence-corrected chi connectivity index (χ3v) is 7.12. The zero-order valence-electron chi connectivity index (χ0n) is 12.0. The molecule has 21 heavy (non-hydrogen) atoms. The maximum absolute atomic E-state index is 12.7. The lowest BCUT2D eigenvalue weighted by atomic mass is 9.98. The van der Waals surface area contributed by atoms with Crippen LogP contribution in [0.15, 0.2) is 27.6 Å². The Hall–Kier alpha value is -0.140. The van der Waals surface area contributed by atoms with E-state index < -0.39 is 10.0 Å². The fraction of sp³-hybridized carbons (Fsp3) is 0.571. The Morgan fingerprint density at radius 1 is 1.38 bits per heavy atom. The number of piperidine rings is 1. The van der Waals surface area contributed by atoms with Crippen LogP contribution in [0.4, 0.5) is 0 Å². The molecule has 0 amide bonds. The Morgan fingerprint density at radius 3 is 2.62 bits per heavy atom. The number of rotatable bonds is 5. The lowest BCUT2D eigenvalue weighted by Crippen LogP contribution is -2.40. The SMILES string of the molecule is CCNCC1CCN(S(=O)(=O)c2c(Cl)cccc2Br)CC1. The minimum Gasteiger partial charge on any atom is -0.317 e. The molecular weight excluding hydrogens is 376 g/mol. The van der Waals surface area contributed by atoms with Crippen LogP contribution in [0.1, 0.15) is 19.8 Å². The first-order valence-corrected chi connectivity index (χ1v) is 9.72. The average molecular weight is 396 g/mol. The van der Waals surface area contributed by atoms with Gasteiger partial charge in [0.25, 0.3) is 0 Å². The molecule has 0 unspecified atom stereocenters. The summed E-state index contributed by atoms with van der Waals surface area (Å²) in [6.07, 6.45) is 1.77. The number of benzene rings is 1. The molecule has 0 aliphatic carbocycles. The monoisotopic (exact) mass is 394 g/mol. The van der Waals surface area contributed by atoms with Crippen LogP contribution in [0.25, 0.3) is 0 Å². The van der Waals surface area contributed by atoms with Gasteiger partial charge in [-0.2, -0.15) is 4.31 Å². The summed E-state index contributed by atoms with van der Waals surface area (Å²) in [5.41, 5.74) is 0. The highest BCUT2D eigenvalue weighted by atomic mass is 79.9. The summed E-state index contributed by atoms with van der Waals surface area (Å²) in [5, 5.41) is 3.59. The average Bonchev–Trinajstić information content (AvgIpc) is 2.45. The van der Waals surface area contributed by atoms with Crippen molar-refractivity contribution in [2.45, 2.75) is 24.7 Å². The molecule has 0 aromatic heterocycles. The van der Waals surface area contributed by atoms with Crippen molar-refractivity contribution in [3.63, 3.8) is 0 Å². The summed E-state index contributed by atoms with van der Waals surface area (Å²) in [6.45, 7) is 5.09. The van der Waals surface area contributed by atoms with Crippen LogP contribution in [0.3, 0.4) is 0 Å². The summed E-state index contributed by atoms with van der Waals surface area (Å²) < 4.78 is 27.6. The Bertz CT molecular complexity index is 566. The van der Waals surface area contributed by atoms with E-state index in [1.54, 1.807) is 22.5 Å². The number of hydrogen-bond acceptors (Lipinski definition) is 3. The lowest BCUT2D eigenvalue weighted by molar-refractivity contribution is 0.268. The minimum absolute atomic E-state index is 0.178. The molecule has 0 saturated carbocycles. The van der Waals surface area contributed by atoms with E-state index in [4.69, 9.17) is 11.6 Å². The van der Waals surface area contributed by atoms with Crippen molar-refractivity contribution in [3.05, 3.63) is 27.7 Å². The van der Waals surface area contributed by atoms with Gasteiger partial charge in [0.2, 0.25) is 10.0 Å². The van der Waals surface area contributed by atoms with Gasteiger partial charge in [0.05, 0.1) is 5.02 Å². The molecule has 1 fully saturated rings. The first kappa shape index (κ1) is 17.2. The van der Waals surface area contributed by atoms with E-state index in [0.717, 1.165) is 25.9 Å². The molecule has 2 rings (SSSR count). The van der Waals surface area contributed by atoms with Crippen LogP contribution >= 0.6 is 27.5 Å². The summed E-state index contributed by atoms with van der Waals surface area (Å²) in [4.78, 5) is 0.178. The molecule has 7 heteroatoms. The second-order valence-corrected chi connectivity index (χ2v) is 8.34. The topological polar surface area (TPSA) is 49.4 Å². The molecule has 1 aliphatic heterocycles. The van der Waals surface area contributed by atoms with Gasteiger partial charge in [-0.25, -0.2) is 8.42 Å². The van der Waals surface area contributed by atoms with Gasteiger partial charge in [0.1, 0.15) is 4.90 Å². The third kappa shape index (κ3) is 3.99. The van der Waals surface area contributed by atoms with E-state index in [1.807, 2.05) is 0 Å². The van der Waals surface area contributed by atoms with Crippen LogP contribution in [-0.4, -0.2) is 38.9 Å². The molecule has 1 heterocycles. The maximum Gasteiger partial charge on any atom is 0.245 e. The Kier molecular flexibility index (Phi) is 6.08. The number of nitrogens with one attached hydrogen (secondary N) is 1. The predicted octanol–water partition coefficient (Wildman–Crippen LogP) is 3.11. The van der Waals surface area contributed by atoms with E-state index in [1.165, 1.54) is 0 Å². The van der Waals surface area contributed by atoms with Gasteiger partial charge in [-0.1, -0.05) is 24.6 Å². The van der Waals surface area contributed by atoms with E-state index >= 15 is 0 Å². The molecule has 118 valence electrons. The number of sulfonamides is 1. The van der Waals surface area contributed by atoms with E-state index in [-0.39, 0.29) is 9.92 Å². The summed E-state index contributed by atoms with van der Waals surface area (Å²) in [7, 11) is -3.53. The van der Waals surface area contributed by atoms with Crippen LogP contribution in [0, 0.1) is 5.92 Å². The normalized spacial score (nSPS) is 18.0. The van der Waals surface area contributed by atoms with E-state index in [9.17, 15) is 8.42 Å². The van der Waals surface area contributed by atoms with Crippen LogP contribution < -0.4 is 5.32 Å². The van der Waals surface area contributed by atoms with Crippen LogP contribution in [0.5, 0.6) is 0 Å². The van der Waals surface area contributed by atoms with Crippen LogP contribution in [-0.2, 0) is 10.0 Å².